The molecular formula is C21H23NO3. The normalized spacial score (nSPS) is 10.8. The van der Waals surface area contributed by atoms with E-state index in [1.807, 2.05) is 48.5 Å². The van der Waals surface area contributed by atoms with Gasteiger partial charge in [0, 0.05) is 11.9 Å². The van der Waals surface area contributed by atoms with Gasteiger partial charge in [0.1, 0.15) is 11.3 Å². The van der Waals surface area contributed by atoms with Crippen LogP contribution in [-0.2, 0) is 17.6 Å². The molecule has 0 aliphatic heterocycles. The van der Waals surface area contributed by atoms with Gasteiger partial charge in [0.15, 0.2) is 6.61 Å². The number of carbonyl (C=O) groups is 1. The van der Waals surface area contributed by atoms with E-state index in [0.29, 0.717) is 6.54 Å². The van der Waals surface area contributed by atoms with Gasteiger partial charge in [-0.15, -0.1) is 0 Å². The van der Waals surface area contributed by atoms with E-state index in [9.17, 15) is 4.79 Å². The third-order valence-electron chi connectivity index (χ3n) is 4.11. The minimum Gasteiger partial charge on any atom is -0.484 e. The standard InChI is InChI=1S/C21H23NO3/c1-2-5-16-8-10-18(11-9-16)24-15-21(23)22-13-12-17-14-25-20-7-4-3-6-19(17)20/h3-4,6-11,14H,2,5,12-13,15H2,1H3,(H,22,23). The van der Waals surface area contributed by atoms with Gasteiger partial charge in [-0.05, 0) is 42.2 Å². The zero-order valence-electron chi connectivity index (χ0n) is 14.5. The summed E-state index contributed by atoms with van der Waals surface area (Å²) < 4.78 is 11.0. The number of aryl methyl sites for hydroxylation is 1. The van der Waals surface area contributed by atoms with Gasteiger partial charge in [-0.3, -0.25) is 4.79 Å². The Morgan fingerprint density at radius 3 is 2.68 bits per heavy atom. The lowest BCUT2D eigenvalue weighted by molar-refractivity contribution is -0.123. The molecule has 0 bridgehead atoms. The van der Waals surface area contributed by atoms with Crippen molar-refractivity contribution in [1.82, 2.24) is 5.32 Å². The number of para-hydroxylation sites is 1. The molecule has 3 aromatic rings. The maximum Gasteiger partial charge on any atom is 0.257 e. The van der Waals surface area contributed by atoms with Gasteiger partial charge in [-0.2, -0.15) is 0 Å². The van der Waals surface area contributed by atoms with Crippen LogP contribution in [0.2, 0.25) is 0 Å². The number of carbonyl (C=O) groups excluding carboxylic acids is 1. The fourth-order valence-electron chi connectivity index (χ4n) is 2.80. The van der Waals surface area contributed by atoms with Crippen molar-refractivity contribution in [3.05, 3.63) is 65.9 Å². The molecule has 0 spiro atoms. The number of ether oxygens (including phenoxy) is 1. The molecule has 0 aliphatic rings. The molecule has 1 amide bonds. The first-order valence-corrected chi connectivity index (χ1v) is 8.70. The van der Waals surface area contributed by atoms with Crippen molar-refractivity contribution in [2.75, 3.05) is 13.2 Å². The Labute approximate surface area is 147 Å². The topological polar surface area (TPSA) is 51.5 Å². The van der Waals surface area contributed by atoms with Crippen molar-refractivity contribution in [1.29, 1.82) is 0 Å². The van der Waals surface area contributed by atoms with E-state index in [4.69, 9.17) is 9.15 Å². The molecule has 130 valence electrons. The molecule has 0 unspecified atom stereocenters. The number of furan rings is 1. The minimum absolute atomic E-state index is 0.0270. The molecule has 0 atom stereocenters. The van der Waals surface area contributed by atoms with E-state index in [-0.39, 0.29) is 12.5 Å². The maximum absolute atomic E-state index is 11.9. The van der Waals surface area contributed by atoms with Crippen LogP contribution in [0.3, 0.4) is 0 Å². The second-order valence-corrected chi connectivity index (χ2v) is 6.04. The predicted molar refractivity (Wildman–Crippen MR) is 98.9 cm³/mol. The van der Waals surface area contributed by atoms with Crippen LogP contribution in [0.4, 0.5) is 0 Å². The SMILES string of the molecule is CCCc1ccc(OCC(=O)NCCc2coc3ccccc23)cc1. The first kappa shape index (κ1) is 17.1. The quantitative estimate of drug-likeness (QED) is 0.672. The third kappa shape index (κ3) is 4.63. The van der Waals surface area contributed by atoms with Crippen molar-refractivity contribution in [3.63, 3.8) is 0 Å². The van der Waals surface area contributed by atoms with Gasteiger partial charge < -0.3 is 14.5 Å². The average molecular weight is 337 g/mol. The van der Waals surface area contributed by atoms with Crippen LogP contribution in [0.15, 0.2) is 59.2 Å². The summed E-state index contributed by atoms with van der Waals surface area (Å²) in [6.07, 6.45) is 4.66. The number of fused-ring (bicyclic) bond motifs is 1. The summed E-state index contributed by atoms with van der Waals surface area (Å²) in [6, 6.07) is 15.8. The number of hydrogen-bond acceptors (Lipinski definition) is 3. The highest BCUT2D eigenvalue weighted by atomic mass is 16.5. The molecule has 2 aromatic carbocycles. The van der Waals surface area contributed by atoms with Gasteiger partial charge in [0.25, 0.3) is 5.91 Å². The molecule has 1 aromatic heterocycles. The molecule has 4 heteroatoms. The Morgan fingerprint density at radius 1 is 1.08 bits per heavy atom. The summed E-state index contributed by atoms with van der Waals surface area (Å²) in [6.45, 7) is 2.74. The molecule has 1 N–H and O–H groups in total. The predicted octanol–water partition coefficient (Wildman–Crippen LogP) is 4.12. The lowest BCUT2D eigenvalue weighted by Crippen LogP contribution is -2.30. The molecule has 4 nitrogen and oxygen atoms in total. The van der Waals surface area contributed by atoms with Crippen LogP contribution in [0.25, 0.3) is 11.0 Å². The molecular weight excluding hydrogens is 314 g/mol. The zero-order chi connectivity index (χ0) is 17.5. The maximum atomic E-state index is 11.9. The van der Waals surface area contributed by atoms with Gasteiger partial charge in [-0.25, -0.2) is 0 Å². The lowest BCUT2D eigenvalue weighted by Gasteiger charge is -2.08. The van der Waals surface area contributed by atoms with E-state index >= 15 is 0 Å². The molecule has 25 heavy (non-hydrogen) atoms. The Bertz CT molecular complexity index is 821. The van der Waals surface area contributed by atoms with Crippen molar-refractivity contribution < 1.29 is 13.9 Å². The Morgan fingerprint density at radius 2 is 1.88 bits per heavy atom. The summed E-state index contributed by atoms with van der Waals surface area (Å²) in [5.74, 6) is 0.598. The van der Waals surface area contributed by atoms with Crippen LogP contribution in [0.5, 0.6) is 5.75 Å². The van der Waals surface area contributed by atoms with Gasteiger partial charge >= 0.3 is 0 Å². The average Bonchev–Trinajstić information content (AvgIpc) is 3.05. The van der Waals surface area contributed by atoms with Crippen LogP contribution in [0.1, 0.15) is 24.5 Å². The molecule has 0 fully saturated rings. The first-order chi connectivity index (χ1) is 12.3. The number of rotatable bonds is 8. The molecule has 3 rings (SSSR count). The Balaban J connectivity index is 1.42. The molecule has 0 aliphatic carbocycles. The smallest absolute Gasteiger partial charge is 0.257 e. The summed E-state index contributed by atoms with van der Waals surface area (Å²) in [5.41, 5.74) is 3.26. The van der Waals surface area contributed by atoms with Crippen molar-refractivity contribution >= 4 is 16.9 Å². The lowest BCUT2D eigenvalue weighted by atomic mass is 10.1. The zero-order valence-corrected chi connectivity index (χ0v) is 14.5. The van der Waals surface area contributed by atoms with Gasteiger partial charge in [0.05, 0.1) is 6.26 Å². The van der Waals surface area contributed by atoms with Gasteiger partial charge in [0.2, 0.25) is 0 Å². The highest BCUT2D eigenvalue weighted by molar-refractivity contribution is 5.81. The van der Waals surface area contributed by atoms with E-state index in [1.165, 1.54) is 5.56 Å². The van der Waals surface area contributed by atoms with Crippen molar-refractivity contribution in [2.45, 2.75) is 26.2 Å². The van der Waals surface area contributed by atoms with Crippen LogP contribution in [0, 0.1) is 0 Å². The molecule has 0 saturated carbocycles. The summed E-state index contributed by atoms with van der Waals surface area (Å²) >= 11 is 0. The van der Waals surface area contributed by atoms with E-state index in [1.54, 1.807) is 6.26 Å². The number of amides is 1. The second kappa shape index (κ2) is 8.38. The van der Waals surface area contributed by atoms with Gasteiger partial charge in [-0.1, -0.05) is 43.7 Å². The first-order valence-electron chi connectivity index (χ1n) is 8.70. The van der Waals surface area contributed by atoms with E-state index in [0.717, 1.165) is 41.5 Å². The fourth-order valence-corrected chi connectivity index (χ4v) is 2.80. The third-order valence-corrected chi connectivity index (χ3v) is 4.11. The highest BCUT2D eigenvalue weighted by Crippen LogP contribution is 2.20. The molecule has 1 heterocycles. The monoisotopic (exact) mass is 337 g/mol. The van der Waals surface area contributed by atoms with Crippen LogP contribution < -0.4 is 10.1 Å². The van der Waals surface area contributed by atoms with E-state index < -0.39 is 0 Å². The minimum atomic E-state index is -0.120. The van der Waals surface area contributed by atoms with Crippen LogP contribution >= 0.6 is 0 Å². The van der Waals surface area contributed by atoms with E-state index in [2.05, 4.69) is 12.2 Å². The second-order valence-electron chi connectivity index (χ2n) is 6.04. The highest BCUT2D eigenvalue weighted by Gasteiger charge is 2.06. The summed E-state index contributed by atoms with van der Waals surface area (Å²) in [5, 5.41) is 3.98. The summed E-state index contributed by atoms with van der Waals surface area (Å²) in [7, 11) is 0. The molecule has 0 saturated heterocycles. The largest absolute Gasteiger partial charge is 0.484 e. The number of benzene rings is 2. The number of hydrogen-bond donors (Lipinski definition) is 1. The number of nitrogens with one attached hydrogen (secondary N) is 1. The van der Waals surface area contributed by atoms with Crippen molar-refractivity contribution in [2.24, 2.45) is 0 Å². The van der Waals surface area contributed by atoms with Crippen molar-refractivity contribution in [3.8, 4) is 5.75 Å². The molecule has 0 radical (unpaired) electrons. The Hall–Kier alpha value is -2.75. The fraction of sp³-hybridized carbons (Fsp3) is 0.286. The summed E-state index contributed by atoms with van der Waals surface area (Å²) in [4.78, 5) is 11.9. The Kier molecular flexibility index (Phi) is 5.73. The van der Waals surface area contributed by atoms with Crippen LogP contribution in [-0.4, -0.2) is 19.1 Å².